The highest BCUT2D eigenvalue weighted by Gasteiger charge is 2.18. The highest BCUT2D eigenvalue weighted by atomic mass is 32.1. The summed E-state index contributed by atoms with van der Waals surface area (Å²) in [6.45, 7) is 8.36. The summed E-state index contributed by atoms with van der Waals surface area (Å²) in [5.74, 6) is -0.590. The predicted molar refractivity (Wildman–Crippen MR) is 129 cm³/mol. The van der Waals surface area contributed by atoms with Crippen LogP contribution < -0.4 is 5.32 Å². The molecule has 31 heavy (non-hydrogen) atoms. The van der Waals surface area contributed by atoms with Crippen molar-refractivity contribution in [1.29, 1.82) is 0 Å². The summed E-state index contributed by atoms with van der Waals surface area (Å²) in [6, 6.07) is 11.6. The van der Waals surface area contributed by atoms with Gasteiger partial charge in [0.1, 0.15) is 5.82 Å². The smallest absolute Gasteiger partial charge is 0.310 e. The molecule has 0 aliphatic heterocycles. The summed E-state index contributed by atoms with van der Waals surface area (Å²) in [5.41, 5.74) is 4.22. The van der Waals surface area contributed by atoms with Gasteiger partial charge in [-0.25, -0.2) is 4.39 Å². The molecule has 1 atom stereocenters. The molecule has 0 saturated heterocycles. The first-order valence-electron chi connectivity index (χ1n) is 10.9. The van der Waals surface area contributed by atoms with Gasteiger partial charge in [-0.3, -0.25) is 4.79 Å². The molecule has 3 aromatic rings. The molecule has 2 aromatic carbocycles. The van der Waals surface area contributed by atoms with Gasteiger partial charge >= 0.3 is 5.97 Å². The molecule has 0 radical (unpaired) electrons. The minimum absolute atomic E-state index is 0.0593. The molecule has 1 N–H and O–H groups in total. The summed E-state index contributed by atoms with van der Waals surface area (Å²) in [4.78, 5) is 11.9. The molecule has 1 unspecified atom stereocenters. The zero-order chi connectivity index (χ0) is 22.4. The van der Waals surface area contributed by atoms with Crippen LogP contribution in [0.15, 0.2) is 47.9 Å². The highest BCUT2D eigenvalue weighted by Crippen LogP contribution is 2.35. The van der Waals surface area contributed by atoms with Crippen LogP contribution in [0.25, 0.3) is 15.8 Å². The van der Waals surface area contributed by atoms with Gasteiger partial charge in [-0.1, -0.05) is 45.0 Å². The second-order valence-corrected chi connectivity index (χ2v) is 8.53. The van der Waals surface area contributed by atoms with Gasteiger partial charge in [-0.15, -0.1) is 11.3 Å². The normalized spacial score (nSPS) is 12.7. The van der Waals surface area contributed by atoms with Crippen LogP contribution in [0.2, 0.25) is 0 Å². The fraction of sp³-hybridized carbons (Fsp3) is 0.346. The summed E-state index contributed by atoms with van der Waals surface area (Å²) in [7, 11) is 0. The van der Waals surface area contributed by atoms with Crippen LogP contribution in [0.1, 0.15) is 63.1 Å². The molecule has 0 aliphatic rings. The fourth-order valence-electron chi connectivity index (χ4n) is 3.64. The third-order valence-electron chi connectivity index (χ3n) is 5.45. The highest BCUT2D eigenvalue weighted by molar-refractivity contribution is 7.17. The Balaban J connectivity index is 2.02. The number of hydrogen-bond acceptors (Lipinski definition) is 4. The van der Waals surface area contributed by atoms with Crippen molar-refractivity contribution in [3.63, 3.8) is 0 Å². The maximum Gasteiger partial charge on any atom is 0.310 e. The Kier molecular flexibility index (Phi) is 7.85. The van der Waals surface area contributed by atoms with E-state index in [0.717, 1.165) is 35.4 Å². The van der Waals surface area contributed by atoms with Gasteiger partial charge in [0.05, 0.1) is 13.0 Å². The van der Waals surface area contributed by atoms with Crippen LogP contribution in [0.4, 0.5) is 10.1 Å². The van der Waals surface area contributed by atoms with Gasteiger partial charge in [-0.05, 0) is 55.0 Å². The van der Waals surface area contributed by atoms with E-state index in [1.54, 1.807) is 18.3 Å². The average molecular weight is 440 g/mol. The number of nitrogens with one attached hydrogen (secondary N) is 1. The molecule has 0 bridgehead atoms. The van der Waals surface area contributed by atoms with Crippen molar-refractivity contribution in [2.45, 2.75) is 52.9 Å². The number of hydrogen-bond donors (Lipinski definition) is 1. The lowest BCUT2D eigenvalue weighted by Gasteiger charge is -2.20. The van der Waals surface area contributed by atoms with Crippen LogP contribution in [0, 0.1) is 5.82 Å². The van der Waals surface area contributed by atoms with E-state index < -0.39 is 11.8 Å². The van der Waals surface area contributed by atoms with Crippen LogP contribution in [-0.2, 0) is 16.0 Å². The Bertz CT molecular complexity index is 1090. The second-order valence-electron chi connectivity index (χ2n) is 7.62. The number of carbonyl (C=O) groups excluding carboxylic acids is 1. The van der Waals surface area contributed by atoms with E-state index in [4.69, 9.17) is 4.74 Å². The van der Waals surface area contributed by atoms with Gasteiger partial charge in [-0.2, -0.15) is 0 Å². The largest absolute Gasteiger partial charge is 0.466 e. The van der Waals surface area contributed by atoms with Gasteiger partial charge < -0.3 is 10.1 Å². The maximum atomic E-state index is 15.0. The minimum Gasteiger partial charge on any atom is -0.466 e. The van der Waals surface area contributed by atoms with Gasteiger partial charge in [0, 0.05) is 32.4 Å². The van der Waals surface area contributed by atoms with E-state index in [0.29, 0.717) is 5.56 Å². The zero-order valence-electron chi connectivity index (χ0n) is 18.6. The molecule has 1 aromatic heterocycles. The summed E-state index contributed by atoms with van der Waals surface area (Å²) >= 11 is 1.70. The average Bonchev–Trinajstić information content (AvgIpc) is 3.19. The third-order valence-corrected chi connectivity index (χ3v) is 6.41. The fourth-order valence-corrected chi connectivity index (χ4v) is 4.60. The molecular weight excluding hydrogens is 409 g/mol. The molecule has 0 aliphatic carbocycles. The van der Waals surface area contributed by atoms with E-state index in [9.17, 15) is 9.18 Å². The molecule has 5 heteroatoms. The molecule has 3 nitrogen and oxygen atoms in total. The van der Waals surface area contributed by atoms with Crippen LogP contribution in [0.3, 0.4) is 0 Å². The molecule has 1 heterocycles. The SMILES string of the molecule is CC/C=C(/Nc1cc(F)c(CC(=O)OCC)cc1C(C)CC)c1csc2ccccc12. The minimum atomic E-state index is -0.409. The quantitative estimate of drug-likeness (QED) is 0.350. The van der Waals surface area contributed by atoms with Crippen LogP contribution in [0.5, 0.6) is 0 Å². The van der Waals surface area contributed by atoms with Crippen molar-refractivity contribution in [3.05, 3.63) is 70.4 Å². The molecule has 0 spiro atoms. The molecule has 0 saturated carbocycles. The van der Waals surface area contributed by atoms with E-state index in [1.165, 1.54) is 16.2 Å². The topological polar surface area (TPSA) is 38.3 Å². The molecule has 3 rings (SSSR count). The standard InChI is InChI=1S/C26H30FNO2S/c1-5-10-23(21-16-31-25-12-9-8-11-19(21)25)28-24-15-22(27)18(14-26(29)30-7-3)13-20(24)17(4)6-2/h8-13,15-17,28H,5-7,14H2,1-4H3/b23-10+. The third kappa shape index (κ3) is 5.34. The lowest BCUT2D eigenvalue weighted by Crippen LogP contribution is -2.11. The second kappa shape index (κ2) is 10.6. The van der Waals surface area contributed by atoms with Gasteiger partial charge in [0.15, 0.2) is 0 Å². The number of benzene rings is 2. The van der Waals surface area contributed by atoms with E-state index in [1.807, 2.05) is 18.2 Å². The Morgan fingerprint density at radius 3 is 2.71 bits per heavy atom. The van der Waals surface area contributed by atoms with Crippen LogP contribution in [-0.4, -0.2) is 12.6 Å². The lowest BCUT2D eigenvalue weighted by molar-refractivity contribution is -0.142. The summed E-state index contributed by atoms with van der Waals surface area (Å²) in [5, 5.41) is 6.85. The first kappa shape index (κ1) is 23.0. The molecular formula is C26H30FNO2S. The number of anilines is 1. The summed E-state index contributed by atoms with van der Waals surface area (Å²) in [6.07, 6.45) is 3.84. The monoisotopic (exact) mass is 439 g/mol. The number of thiophene rings is 1. The van der Waals surface area contributed by atoms with Gasteiger partial charge in [0.25, 0.3) is 0 Å². The number of carbonyl (C=O) groups is 1. The Morgan fingerprint density at radius 2 is 2.00 bits per heavy atom. The lowest BCUT2D eigenvalue weighted by atomic mass is 9.93. The van der Waals surface area contributed by atoms with Crippen molar-refractivity contribution in [2.75, 3.05) is 11.9 Å². The first-order valence-corrected chi connectivity index (χ1v) is 11.8. The van der Waals surface area contributed by atoms with Crippen molar-refractivity contribution in [1.82, 2.24) is 0 Å². The van der Waals surface area contributed by atoms with Crippen molar-refractivity contribution < 1.29 is 13.9 Å². The number of fused-ring (bicyclic) bond motifs is 1. The van der Waals surface area contributed by atoms with Crippen molar-refractivity contribution in [3.8, 4) is 0 Å². The number of allylic oxidation sites excluding steroid dienone is 1. The first-order chi connectivity index (χ1) is 15.0. The molecule has 0 fully saturated rings. The number of rotatable bonds is 9. The van der Waals surface area contributed by atoms with Crippen molar-refractivity contribution in [2.24, 2.45) is 0 Å². The van der Waals surface area contributed by atoms with Crippen LogP contribution >= 0.6 is 11.3 Å². The number of halogens is 1. The van der Waals surface area contributed by atoms with Crippen molar-refractivity contribution >= 4 is 38.8 Å². The van der Waals surface area contributed by atoms with Gasteiger partial charge in [0.2, 0.25) is 0 Å². The Morgan fingerprint density at radius 1 is 1.23 bits per heavy atom. The predicted octanol–water partition coefficient (Wildman–Crippen LogP) is 7.52. The number of ether oxygens (including phenoxy) is 1. The Hall–Kier alpha value is -2.66. The Labute approximate surface area is 187 Å². The zero-order valence-corrected chi connectivity index (χ0v) is 19.4. The van der Waals surface area contributed by atoms with E-state index >= 15 is 0 Å². The van der Waals surface area contributed by atoms with E-state index in [-0.39, 0.29) is 18.9 Å². The maximum absolute atomic E-state index is 15.0. The van der Waals surface area contributed by atoms with E-state index in [2.05, 4.69) is 49.7 Å². The number of esters is 1. The molecule has 164 valence electrons. The summed E-state index contributed by atoms with van der Waals surface area (Å²) < 4.78 is 21.2. The molecule has 0 amide bonds.